The molecule has 41 heavy (non-hydrogen) atoms. The Morgan fingerprint density at radius 2 is 1.37 bits per heavy atom. The van der Waals surface area contributed by atoms with Gasteiger partial charge in [-0.3, -0.25) is 14.6 Å². The second-order valence-corrected chi connectivity index (χ2v) is 12.0. The number of hydrogen-bond acceptors (Lipinski definition) is 6. The molecule has 0 spiro atoms. The molecule has 1 fully saturated rings. The van der Waals surface area contributed by atoms with E-state index >= 15 is 0 Å². The number of aryl methyl sites for hydroxylation is 1. The Kier molecular flexibility index (Phi) is 7.28. The standard InChI is InChI=1S/C33H37N7O/c1-23-15-16-28-26(21-23)22-27(32(41)34-28)30(31-35-36-37-40(31)33(2,3)4)39-19-17-38(18-20-39)29(24-11-7-5-8-12-24)25-13-9-6-10-14-25/h5-16,21-22,29-30H,17-20H2,1-4H3,(H,34,41)/t30-/m0/s1. The first-order valence-corrected chi connectivity index (χ1v) is 14.3. The van der Waals surface area contributed by atoms with E-state index in [4.69, 9.17) is 0 Å². The number of nitrogens with one attached hydrogen (secondary N) is 1. The van der Waals surface area contributed by atoms with Crippen LogP contribution in [-0.2, 0) is 5.54 Å². The lowest BCUT2D eigenvalue weighted by molar-refractivity contribution is 0.0839. The Labute approximate surface area is 240 Å². The van der Waals surface area contributed by atoms with Crippen molar-refractivity contribution >= 4 is 10.9 Å². The molecule has 5 aromatic rings. The monoisotopic (exact) mass is 547 g/mol. The molecule has 0 bridgehead atoms. The van der Waals surface area contributed by atoms with Crippen molar-refractivity contribution in [1.29, 1.82) is 0 Å². The number of tetrazole rings is 1. The third kappa shape index (κ3) is 5.45. The number of benzene rings is 3. The van der Waals surface area contributed by atoms with Crippen molar-refractivity contribution in [3.63, 3.8) is 0 Å². The number of nitrogens with zero attached hydrogens (tertiary/aromatic N) is 6. The minimum Gasteiger partial charge on any atom is -0.322 e. The Balaban J connectivity index is 1.38. The smallest absolute Gasteiger partial charge is 0.253 e. The zero-order chi connectivity index (χ0) is 28.6. The van der Waals surface area contributed by atoms with Crippen LogP contribution < -0.4 is 5.56 Å². The third-order valence-corrected chi connectivity index (χ3v) is 8.01. The first-order valence-electron chi connectivity index (χ1n) is 14.3. The molecule has 6 rings (SSSR count). The molecule has 210 valence electrons. The summed E-state index contributed by atoms with van der Waals surface area (Å²) in [6.45, 7) is 11.5. The van der Waals surface area contributed by atoms with E-state index in [1.165, 1.54) is 11.1 Å². The average Bonchev–Trinajstić information content (AvgIpc) is 3.46. The fourth-order valence-electron chi connectivity index (χ4n) is 6.03. The van der Waals surface area contributed by atoms with Gasteiger partial charge in [-0.15, -0.1) is 5.10 Å². The Morgan fingerprint density at radius 3 is 1.95 bits per heavy atom. The molecule has 1 saturated heterocycles. The largest absolute Gasteiger partial charge is 0.322 e. The van der Waals surface area contributed by atoms with Crippen molar-refractivity contribution in [2.75, 3.05) is 26.2 Å². The highest BCUT2D eigenvalue weighted by Crippen LogP contribution is 2.34. The van der Waals surface area contributed by atoms with E-state index in [0.717, 1.165) is 42.6 Å². The third-order valence-electron chi connectivity index (χ3n) is 8.01. The maximum Gasteiger partial charge on any atom is 0.253 e. The normalized spacial score (nSPS) is 15.9. The van der Waals surface area contributed by atoms with E-state index in [1.54, 1.807) is 0 Å². The van der Waals surface area contributed by atoms with Crippen molar-refractivity contribution in [3.8, 4) is 0 Å². The summed E-state index contributed by atoms with van der Waals surface area (Å²) in [4.78, 5) is 21.7. The highest BCUT2D eigenvalue weighted by atomic mass is 16.1. The lowest BCUT2D eigenvalue weighted by Crippen LogP contribution is -2.50. The highest BCUT2D eigenvalue weighted by Gasteiger charge is 2.36. The molecule has 0 saturated carbocycles. The number of hydrogen-bond donors (Lipinski definition) is 1. The first kappa shape index (κ1) is 27.1. The fourth-order valence-corrected chi connectivity index (χ4v) is 6.03. The summed E-state index contributed by atoms with van der Waals surface area (Å²) < 4.78 is 1.86. The van der Waals surface area contributed by atoms with Crippen LogP contribution in [0.2, 0.25) is 0 Å². The SMILES string of the molecule is Cc1ccc2[nH]c(=O)c([C@@H](c3nnnn3C(C)(C)C)N3CCN(C(c4ccccc4)c4ccccc4)CC3)cc2c1. The minimum atomic E-state index is -0.382. The molecule has 0 radical (unpaired) electrons. The van der Waals surface area contributed by atoms with Gasteiger partial charge in [-0.25, -0.2) is 4.68 Å². The van der Waals surface area contributed by atoms with Gasteiger partial charge in [0.25, 0.3) is 5.56 Å². The van der Waals surface area contributed by atoms with E-state index in [-0.39, 0.29) is 23.2 Å². The lowest BCUT2D eigenvalue weighted by Gasteiger charge is -2.42. The number of pyridine rings is 1. The molecule has 1 N–H and O–H groups in total. The predicted octanol–water partition coefficient (Wildman–Crippen LogP) is 5.07. The van der Waals surface area contributed by atoms with Crippen LogP contribution in [0.1, 0.15) is 60.9 Å². The van der Waals surface area contributed by atoms with Crippen LogP contribution in [0.25, 0.3) is 10.9 Å². The molecule has 8 nitrogen and oxygen atoms in total. The fraction of sp³-hybridized carbons (Fsp3) is 0.333. The van der Waals surface area contributed by atoms with Gasteiger partial charge in [0, 0.05) is 37.3 Å². The van der Waals surface area contributed by atoms with E-state index in [9.17, 15) is 4.79 Å². The zero-order valence-electron chi connectivity index (χ0n) is 24.2. The Hall–Kier alpha value is -4.14. The quantitative estimate of drug-likeness (QED) is 0.320. The molecule has 3 aromatic carbocycles. The second kappa shape index (κ2) is 11.0. The van der Waals surface area contributed by atoms with Crippen molar-refractivity contribution in [2.24, 2.45) is 0 Å². The first-order chi connectivity index (χ1) is 19.8. The maximum atomic E-state index is 13.6. The summed E-state index contributed by atoms with van der Waals surface area (Å²) in [5.41, 5.74) is 4.75. The van der Waals surface area contributed by atoms with E-state index in [0.29, 0.717) is 11.4 Å². The number of H-pyrrole nitrogens is 1. The van der Waals surface area contributed by atoms with Crippen molar-refractivity contribution < 1.29 is 0 Å². The molecule has 2 aromatic heterocycles. The molecular formula is C33H37N7O. The van der Waals surface area contributed by atoms with Crippen LogP contribution in [0.3, 0.4) is 0 Å². The van der Waals surface area contributed by atoms with E-state index in [2.05, 4.69) is 125 Å². The van der Waals surface area contributed by atoms with Crippen LogP contribution in [0, 0.1) is 6.92 Å². The molecule has 0 unspecified atom stereocenters. The van der Waals surface area contributed by atoms with Gasteiger partial charge in [-0.1, -0.05) is 72.3 Å². The summed E-state index contributed by atoms with van der Waals surface area (Å²) in [5.74, 6) is 0.686. The second-order valence-electron chi connectivity index (χ2n) is 12.0. The maximum absolute atomic E-state index is 13.6. The van der Waals surface area contributed by atoms with Crippen LogP contribution >= 0.6 is 0 Å². The number of aromatic amines is 1. The summed E-state index contributed by atoms with van der Waals surface area (Å²) in [7, 11) is 0. The number of aromatic nitrogens is 5. The van der Waals surface area contributed by atoms with Crippen molar-refractivity contribution in [3.05, 3.63) is 123 Å². The van der Waals surface area contributed by atoms with Crippen LogP contribution in [0.4, 0.5) is 0 Å². The predicted molar refractivity (Wildman–Crippen MR) is 162 cm³/mol. The van der Waals surface area contributed by atoms with Crippen molar-refractivity contribution in [2.45, 2.75) is 45.3 Å². The summed E-state index contributed by atoms with van der Waals surface area (Å²) in [6.07, 6.45) is 0. The van der Waals surface area contributed by atoms with Crippen molar-refractivity contribution in [1.82, 2.24) is 35.0 Å². The van der Waals surface area contributed by atoms with Gasteiger partial charge in [0.2, 0.25) is 0 Å². The average molecular weight is 548 g/mol. The molecule has 3 heterocycles. The van der Waals surface area contributed by atoms with Gasteiger partial charge in [-0.2, -0.15) is 0 Å². The molecule has 1 aliphatic heterocycles. The van der Waals surface area contributed by atoms with Crippen LogP contribution in [0.15, 0.2) is 89.7 Å². The Morgan fingerprint density at radius 1 is 0.780 bits per heavy atom. The van der Waals surface area contributed by atoms with Gasteiger partial charge in [-0.05, 0) is 72.8 Å². The zero-order valence-corrected chi connectivity index (χ0v) is 24.2. The van der Waals surface area contributed by atoms with Gasteiger partial charge < -0.3 is 4.98 Å². The van der Waals surface area contributed by atoms with Crippen LogP contribution in [0.5, 0.6) is 0 Å². The summed E-state index contributed by atoms with van der Waals surface area (Å²) >= 11 is 0. The molecule has 0 aliphatic carbocycles. The molecule has 1 atom stereocenters. The van der Waals surface area contributed by atoms with Gasteiger partial charge in [0.15, 0.2) is 5.82 Å². The molecular weight excluding hydrogens is 510 g/mol. The number of fused-ring (bicyclic) bond motifs is 1. The summed E-state index contributed by atoms with van der Waals surface area (Å²) in [5, 5.41) is 14.0. The highest BCUT2D eigenvalue weighted by molar-refractivity contribution is 5.79. The number of piperazine rings is 1. The van der Waals surface area contributed by atoms with Gasteiger partial charge in [0.1, 0.15) is 6.04 Å². The van der Waals surface area contributed by atoms with Crippen LogP contribution in [-0.4, -0.2) is 61.2 Å². The summed E-state index contributed by atoms with van der Waals surface area (Å²) in [6, 6.07) is 29.3. The molecule has 0 amide bonds. The topological polar surface area (TPSA) is 82.9 Å². The van der Waals surface area contributed by atoms with E-state index in [1.807, 2.05) is 22.9 Å². The minimum absolute atomic E-state index is 0.108. The van der Waals surface area contributed by atoms with E-state index < -0.39 is 0 Å². The number of rotatable bonds is 6. The lowest BCUT2D eigenvalue weighted by atomic mass is 9.95. The molecule has 8 heteroatoms. The van der Waals surface area contributed by atoms with Gasteiger partial charge >= 0.3 is 0 Å². The molecule has 1 aliphatic rings. The van der Waals surface area contributed by atoms with Gasteiger partial charge in [0.05, 0.1) is 11.6 Å². The Bertz CT molecular complexity index is 1640.